The van der Waals surface area contributed by atoms with Crippen molar-refractivity contribution in [3.8, 4) is 5.69 Å². The molecule has 0 fully saturated rings. The molecule has 0 radical (unpaired) electrons. The van der Waals surface area contributed by atoms with Crippen LogP contribution in [0.3, 0.4) is 0 Å². The molecule has 0 amide bonds. The Morgan fingerprint density at radius 3 is 2.67 bits per heavy atom. The summed E-state index contributed by atoms with van der Waals surface area (Å²) in [7, 11) is 0. The van der Waals surface area contributed by atoms with Gasteiger partial charge < -0.3 is 4.74 Å². The zero-order valence-corrected chi connectivity index (χ0v) is 16.3. The lowest BCUT2D eigenvalue weighted by Gasteiger charge is -2.15. The van der Waals surface area contributed by atoms with E-state index in [4.69, 9.17) is 4.74 Å². The molecule has 1 aromatic heterocycles. The highest BCUT2D eigenvalue weighted by Gasteiger charge is 2.15. The van der Waals surface area contributed by atoms with Gasteiger partial charge in [0.1, 0.15) is 0 Å². The number of hydrogen-bond donors (Lipinski definition) is 0. The molecule has 1 heterocycles. The van der Waals surface area contributed by atoms with Crippen LogP contribution in [0.25, 0.3) is 16.6 Å². The number of fused-ring (bicyclic) bond motifs is 1. The van der Waals surface area contributed by atoms with Crippen molar-refractivity contribution in [2.24, 2.45) is 0 Å². The van der Waals surface area contributed by atoms with E-state index < -0.39 is 0 Å². The third-order valence-corrected chi connectivity index (χ3v) is 5.05. The summed E-state index contributed by atoms with van der Waals surface area (Å²) in [6.07, 6.45) is 1.08. The number of hydrogen-bond acceptors (Lipinski definition) is 5. The predicted octanol–water partition coefficient (Wildman–Crippen LogP) is 4.13. The monoisotopic (exact) mass is 382 g/mol. The lowest BCUT2D eigenvalue weighted by molar-refractivity contribution is -0.143. The molecule has 0 aliphatic carbocycles. The van der Waals surface area contributed by atoms with Crippen LogP contribution in [-0.2, 0) is 9.53 Å². The van der Waals surface area contributed by atoms with E-state index >= 15 is 0 Å². The first-order chi connectivity index (χ1) is 13.1. The van der Waals surface area contributed by atoms with E-state index in [1.807, 2.05) is 56.3 Å². The van der Waals surface area contributed by atoms with Gasteiger partial charge >= 0.3 is 5.97 Å². The summed E-state index contributed by atoms with van der Waals surface area (Å²) < 4.78 is 6.75. The second kappa shape index (κ2) is 8.86. The first-order valence-corrected chi connectivity index (χ1v) is 9.96. The van der Waals surface area contributed by atoms with Gasteiger partial charge in [0, 0.05) is 5.75 Å². The maximum Gasteiger partial charge on any atom is 0.306 e. The van der Waals surface area contributed by atoms with Crippen molar-refractivity contribution in [2.75, 3.05) is 12.4 Å². The van der Waals surface area contributed by atoms with Crippen LogP contribution >= 0.6 is 11.8 Å². The van der Waals surface area contributed by atoms with E-state index in [1.165, 1.54) is 11.8 Å². The molecule has 5 nitrogen and oxygen atoms in total. The quantitative estimate of drug-likeness (QED) is 0.349. The molecule has 0 aliphatic heterocycles. The number of para-hydroxylation sites is 2. The lowest BCUT2D eigenvalue weighted by atomic mass is 10.2. The van der Waals surface area contributed by atoms with E-state index in [-0.39, 0.29) is 17.9 Å². The zero-order chi connectivity index (χ0) is 19.2. The standard InChI is InChI=1S/C21H22N2O3S/c1-3-13-26-19(24)12-14-27-21-22-17-10-6-5-9-16(17)20(25)23(21)18-11-7-4-8-15(18)2/h4-11H,3,12-14H2,1-2H3. The summed E-state index contributed by atoms with van der Waals surface area (Å²) in [5.74, 6) is 0.272. The van der Waals surface area contributed by atoms with Crippen molar-refractivity contribution in [3.05, 3.63) is 64.4 Å². The second-order valence-electron chi connectivity index (χ2n) is 6.16. The van der Waals surface area contributed by atoms with Gasteiger partial charge in [0.15, 0.2) is 5.16 Å². The third kappa shape index (κ3) is 4.39. The van der Waals surface area contributed by atoms with Crippen molar-refractivity contribution in [1.29, 1.82) is 0 Å². The molecule has 0 N–H and O–H groups in total. The molecule has 3 rings (SSSR count). The molecule has 0 unspecified atom stereocenters. The Labute approximate surface area is 162 Å². The minimum atomic E-state index is -0.227. The molecule has 140 valence electrons. The average molecular weight is 382 g/mol. The van der Waals surface area contributed by atoms with Gasteiger partial charge in [0.2, 0.25) is 0 Å². The van der Waals surface area contributed by atoms with E-state index in [0.29, 0.717) is 28.4 Å². The van der Waals surface area contributed by atoms with Crippen molar-refractivity contribution in [3.63, 3.8) is 0 Å². The van der Waals surface area contributed by atoms with Crippen LogP contribution in [0.4, 0.5) is 0 Å². The molecule has 3 aromatic rings. The number of benzene rings is 2. The highest BCUT2D eigenvalue weighted by atomic mass is 32.2. The van der Waals surface area contributed by atoms with Crippen LogP contribution in [0.2, 0.25) is 0 Å². The summed E-state index contributed by atoms with van der Waals surface area (Å²) in [5.41, 5.74) is 2.34. The normalized spacial score (nSPS) is 10.9. The largest absolute Gasteiger partial charge is 0.466 e. The second-order valence-corrected chi connectivity index (χ2v) is 7.22. The Bertz CT molecular complexity index is 1010. The van der Waals surface area contributed by atoms with Crippen LogP contribution in [0.1, 0.15) is 25.3 Å². The van der Waals surface area contributed by atoms with Gasteiger partial charge in [-0.3, -0.25) is 14.2 Å². The highest BCUT2D eigenvalue weighted by Crippen LogP contribution is 2.23. The highest BCUT2D eigenvalue weighted by molar-refractivity contribution is 7.99. The Morgan fingerprint density at radius 1 is 1.15 bits per heavy atom. The van der Waals surface area contributed by atoms with Crippen LogP contribution in [0.15, 0.2) is 58.5 Å². The first kappa shape index (κ1) is 19.2. The van der Waals surface area contributed by atoms with Crippen LogP contribution in [-0.4, -0.2) is 27.9 Å². The first-order valence-electron chi connectivity index (χ1n) is 8.98. The molecule has 0 atom stereocenters. The molecule has 6 heteroatoms. The van der Waals surface area contributed by atoms with Gasteiger partial charge in [-0.05, 0) is 37.1 Å². The van der Waals surface area contributed by atoms with Crippen molar-refractivity contribution in [2.45, 2.75) is 31.8 Å². The fourth-order valence-electron chi connectivity index (χ4n) is 2.75. The number of carbonyl (C=O) groups excluding carboxylic acids is 1. The Balaban J connectivity index is 1.98. The Hall–Kier alpha value is -2.60. The number of ether oxygens (including phenoxy) is 1. The predicted molar refractivity (Wildman–Crippen MR) is 109 cm³/mol. The average Bonchev–Trinajstić information content (AvgIpc) is 2.67. The molecule has 27 heavy (non-hydrogen) atoms. The van der Waals surface area contributed by atoms with Crippen LogP contribution < -0.4 is 5.56 Å². The van der Waals surface area contributed by atoms with Gasteiger partial charge in [0.25, 0.3) is 5.56 Å². The fourth-order valence-corrected chi connectivity index (χ4v) is 3.67. The minimum Gasteiger partial charge on any atom is -0.466 e. The third-order valence-electron chi connectivity index (χ3n) is 4.11. The summed E-state index contributed by atoms with van der Waals surface area (Å²) in [6, 6.07) is 15.0. The molecule has 0 spiro atoms. The van der Waals surface area contributed by atoms with Crippen LogP contribution in [0.5, 0.6) is 0 Å². The minimum absolute atomic E-state index is 0.106. The fraction of sp³-hybridized carbons (Fsp3) is 0.286. The van der Waals surface area contributed by atoms with Crippen molar-refractivity contribution in [1.82, 2.24) is 9.55 Å². The molecule has 0 bridgehead atoms. The summed E-state index contributed by atoms with van der Waals surface area (Å²) in [5, 5.41) is 1.16. The number of esters is 1. The van der Waals surface area contributed by atoms with E-state index in [9.17, 15) is 9.59 Å². The zero-order valence-electron chi connectivity index (χ0n) is 15.5. The number of nitrogens with zero attached hydrogens (tertiary/aromatic N) is 2. The molecule has 0 saturated heterocycles. The van der Waals surface area contributed by atoms with Crippen LogP contribution in [0, 0.1) is 6.92 Å². The summed E-state index contributed by atoms with van der Waals surface area (Å²) in [4.78, 5) is 29.6. The molecule has 0 aliphatic rings. The summed E-state index contributed by atoms with van der Waals surface area (Å²) >= 11 is 1.39. The molecular weight excluding hydrogens is 360 g/mol. The van der Waals surface area contributed by atoms with Gasteiger partial charge in [-0.1, -0.05) is 49.0 Å². The van der Waals surface area contributed by atoms with E-state index in [2.05, 4.69) is 4.98 Å². The maximum atomic E-state index is 13.2. The van der Waals surface area contributed by atoms with Gasteiger partial charge in [0.05, 0.1) is 29.6 Å². The van der Waals surface area contributed by atoms with Crippen molar-refractivity contribution < 1.29 is 9.53 Å². The number of carbonyl (C=O) groups is 1. The smallest absolute Gasteiger partial charge is 0.306 e. The Morgan fingerprint density at radius 2 is 1.89 bits per heavy atom. The van der Waals surface area contributed by atoms with Gasteiger partial charge in [-0.25, -0.2) is 4.98 Å². The maximum absolute atomic E-state index is 13.2. The lowest BCUT2D eigenvalue weighted by Crippen LogP contribution is -2.22. The van der Waals surface area contributed by atoms with E-state index in [0.717, 1.165) is 17.7 Å². The van der Waals surface area contributed by atoms with E-state index in [1.54, 1.807) is 10.6 Å². The van der Waals surface area contributed by atoms with Crippen molar-refractivity contribution >= 4 is 28.6 Å². The number of thioether (sulfide) groups is 1. The van der Waals surface area contributed by atoms with Gasteiger partial charge in [-0.15, -0.1) is 0 Å². The summed E-state index contributed by atoms with van der Waals surface area (Å²) in [6.45, 7) is 4.36. The number of aryl methyl sites for hydroxylation is 1. The topological polar surface area (TPSA) is 61.2 Å². The SMILES string of the molecule is CCCOC(=O)CCSc1nc2ccccc2c(=O)n1-c1ccccc1C. The molecule has 0 saturated carbocycles. The number of rotatable bonds is 7. The number of aromatic nitrogens is 2. The molecular formula is C21H22N2O3S. The molecule has 2 aromatic carbocycles. The Kier molecular flexibility index (Phi) is 6.29. The van der Waals surface area contributed by atoms with Gasteiger partial charge in [-0.2, -0.15) is 0 Å².